The van der Waals surface area contributed by atoms with Crippen molar-refractivity contribution in [1.82, 2.24) is 5.32 Å². The van der Waals surface area contributed by atoms with Gasteiger partial charge in [0.1, 0.15) is 11.5 Å². The minimum Gasteiger partial charge on any atom is -0.497 e. The number of carbonyl (C=O) groups is 1. The number of aliphatic hydroxyl groups is 1. The monoisotopic (exact) mass is 656 g/mol. The van der Waals surface area contributed by atoms with Gasteiger partial charge in [-0.05, 0) is 72.5 Å². The Balaban J connectivity index is 1.53. The van der Waals surface area contributed by atoms with Gasteiger partial charge in [-0.2, -0.15) is 0 Å². The number of amides is 1. The first-order valence-corrected chi connectivity index (χ1v) is 15.5. The van der Waals surface area contributed by atoms with Crippen LogP contribution in [0.3, 0.4) is 0 Å². The van der Waals surface area contributed by atoms with E-state index in [1.54, 1.807) is 7.11 Å². The van der Waals surface area contributed by atoms with Crippen molar-refractivity contribution in [2.75, 3.05) is 26.9 Å². The Morgan fingerprint density at radius 1 is 1.00 bits per heavy atom. The first kappa shape index (κ1) is 31.3. The van der Waals surface area contributed by atoms with E-state index in [1.165, 1.54) is 5.56 Å². The summed E-state index contributed by atoms with van der Waals surface area (Å²) in [5, 5.41) is 12.3. The van der Waals surface area contributed by atoms with E-state index in [1.807, 2.05) is 72.8 Å². The van der Waals surface area contributed by atoms with Crippen molar-refractivity contribution < 1.29 is 24.1 Å². The van der Waals surface area contributed by atoms with Gasteiger partial charge in [0.05, 0.1) is 13.7 Å². The number of aliphatic hydroxyl groups excluding tert-OH is 1. The van der Waals surface area contributed by atoms with Crippen molar-refractivity contribution in [3.8, 4) is 11.5 Å². The largest absolute Gasteiger partial charge is 0.497 e. The second-order valence-electron chi connectivity index (χ2n) is 10.8. The predicted molar refractivity (Wildman–Crippen MR) is 175 cm³/mol. The van der Waals surface area contributed by atoms with E-state index in [-0.39, 0.29) is 12.5 Å². The summed E-state index contributed by atoms with van der Waals surface area (Å²) in [6, 6.07) is 31.2. The van der Waals surface area contributed by atoms with Crippen molar-refractivity contribution in [3.63, 3.8) is 0 Å². The maximum absolute atomic E-state index is 14.5. The fourth-order valence-corrected chi connectivity index (χ4v) is 5.67. The second kappa shape index (κ2) is 14.6. The van der Waals surface area contributed by atoms with Crippen LogP contribution in [0, 0.1) is 6.92 Å². The summed E-state index contributed by atoms with van der Waals surface area (Å²) in [5.41, 5.74) is 3.49. The Labute approximate surface area is 267 Å². The van der Waals surface area contributed by atoms with Gasteiger partial charge in [0.15, 0.2) is 11.6 Å². The highest BCUT2D eigenvalue weighted by molar-refractivity contribution is 9.10. The van der Waals surface area contributed by atoms with Crippen molar-refractivity contribution in [1.29, 1.82) is 0 Å². The molecule has 2 atom stereocenters. The number of nitrogens with zero attached hydrogens (tertiary/aromatic N) is 1. The van der Waals surface area contributed by atoms with Crippen LogP contribution in [0.5, 0.6) is 11.5 Å². The highest BCUT2D eigenvalue weighted by Gasteiger charge is 2.53. The molecule has 0 saturated carbocycles. The molecule has 228 valence electrons. The van der Waals surface area contributed by atoms with Crippen molar-refractivity contribution >= 4 is 27.7 Å². The average molecular weight is 658 g/mol. The summed E-state index contributed by atoms with van der Waals surface area (Å²) < 4.78 is 18.8. The fourth-order valence-electron chi connectivity index (χ4n) is 5.25. The third-order valence-corrected chi connectivity index (χ3v) is 8.44. The molecule has 1 aliphatic heterocycles. The number of carbonyl (C=O) groups excluding carboxylic acids is 1. The summed E-state index contributed by atoms with van der Waals surface area (Å²) >= 11 is 3.69. The van der Waals surface area contributed by atoms with Gasteiger partial charge < -0.3 is 24.6 Å². The summed E-state index contributed by atoms with van der Waals surface area (Å²) in [5.74, 6) is 1.50. The van der Waals surface area contributed by atoms with Gasteiger partial charge in [-0.3, -0.25) is 4.79 Å². The molecule has 0 spiro atoms. The van der Waals surface area contributed by atoms with E-state index in [4.69, 9.17) is 24.3 Å². The third-order valence-electron chi connectivity index (χ3n) is 7.66. The minimum absolute atomic E-state index is 0.0705. The van der Waals surface area contributed by atoms with E-state index >= 15 is 0 Å². The predicted octanol–water partition coefficient (Wildman–Crippen LogP) is 6.39. The molecule has 44 heavy (non-hydrogen) atoms. The number of ether oxygens (including phenoxy) is 3. The number of benzene rings is 4. The molecule has 7 nitrogen and oxygen atoms in total. The van der Waals surface area contributed by atoms with E-state index in [9.17, 15) is 4.79 Å². The summed E-state index contributed by atoms with van der Waals surface area (Å²) in [7, 11) is 1.62. The van der Waals surface area contributed by atoms with Crippen molar-refractivity contribution in [3.05, 3.63) is 129 Å². The lowest BCUT2D eigenvalue weighted by Crippen LogP contribution is -2.50. The Kier molecular flexibility index (Phi) is 10.4. The normalized spacial score (nSPS) is 17.5. The maximum atomic E-state index is 14.5. The lowest BCUT2D eigenvalue weighted by Gasteiger charge is -2.31. The van der Waals surface area contributed by atoms with Crippen molar-refractivity contribution in [2.45, 2.75) is 37.8 Å². The molecule has 4 aromatic rings. The van der Waals surface area contributed by atoms with Crippen LogP contribution >= 0.6 is 15.9 Å². The SMILES string of the molecule is COc1cccc([C@H]2OC(c3ccc(OCCCO)cc3)=N[C@@]2(Cc2ccccc2Br)C(=O)NCCc2ccc(C)cc2)c1. The number of nitrogens with one attached hydrogen (secondary N) is 1. The molecule has 5 rings (SSSR count). The zero-order chi connectivity index (χ0) is 30.9. The minimum atomic E-state index is -1.31. The second-order valence-corrected chi connectivity index (χ2v) is 11.7. The highest BCUT2D eigenvalue weighted by atomic mass is 79.9. The number of halogens is 1. The molecule has 0 aliphatic carbocycles. The number of methoxy groups -OCH3 is 1. The lowest BCUT2D eigenvalue weighted by molar-refractivity contribution is -0.128. The van der Waals surface area contributed by atoms with Gasteiger partial charge in [0.2, 0.25) is 5.90 Å². The Morgan fingerprint density at radius 3 is 2.50 bits per heavy atom. The number of aliphatic imine (C=N–C) groups is 1. The van der Waals surface area contributed by atoms with Gasteiger partial charge in [-0.25, -0.2) is 4.99 Å². The topological polar surface area (TPSA) is 89.4 Å². The van der Waals surface area contributed by atoms with Gasteiger partial charge in [0.25, 0.3) is 5.91 Å². The zero-order valence-corrected chi connectivity index (χ0v) is 26.5. The Morgan fingerprint density at radius 2 is 1.77 bits per heavy atom. The maximum Gasteiger partial charge on any atom is 0.252 e. The molecular formula is C36H37BrN2O5. The number of aryl methyl sites for hydroxylation is 1. The summed E-state index contributed by atoms with van der Waals surface area (Å²) in [6.07, 6.45) is 0.824. The average Bonchev–Trinajstić information content (AvgIpc) is 3.44. The van der Waals surface area contributed by atoms with Gasteiger partial charge in [-0.15, -0.1) is 0 Å². The Bertz CT molecular complexity index is 1590. The zero-order valence-electron chi connectivity index (χ0n) is 25.0. The first-order chi connectivity index (χ1) is 21.4. The van der Waals surface area contributed by atoms with Gasteiger partial charge in [-0.1, -0.05) is 76.1 Å². The van der Waals surface area contributed by atoms with Crippen LogP contribution in [0.1, 0.15) is 40.3 Å². The molecular weight excluding hydrogens is 620 g/mol. The van der Waals surface area contributed by atoms with Crippen LogP contribution in [0.25, 0.3) is 0 Å². The summed E-state index contributed by atoms with van der Waals surface area (Å²) in [4.78, 5) is 19.6. The molecule has 2 N–H and O–H groups in total. The number of rotatable bonds is 13. The number of hydrogen-bond donors (Lipinski definition) is 2. The Hall–Kier alpha value is -4.14. The molecule has 1 aliphatic rings. The standard InChI is InChI=1S/C36H37BrN2O5/c1-25-11-13-26(14-12-25)19-20-38-35(41)36(24-29-7-3-4-10-32(29)37)33(28-8-5-9-31(23-28)42-2)44-34(39-36)27-15-17-30(18-16-27)43-22-6-21-40/h3-5,7-18,23,33,40H,6,19-22,24H2,1-2H3,(H,38,41)/t33-,36-/m1/s1. The third kappa shape index (κ3) is 7.31. The van der Waals surface area contributed by atoms with E-state index in [0.29, 0.717) is 49.8 Å². The molecule has 0 bridgehead atoms. The van der Waals surface area contributed by atoms with E-state index in [2.05, 4.69) is 52.4 Å². The smallest absolute Gasteiger partial charge is 0.252 e. The molecule has 1 heterocycles. The molecule has 0 fully saturated rings. The van der Waals surface area contributed by atoms with E-state index < -0.39 is 11.6 Å². The summed E-state index contributed by atoms with van der Waals surface area (Å²) in [6.45, 7) is 3.00. The van der Waals surface area contributed by atoms with Crippen LogP contribution in [0.15, 0.2) is 107 Å². The highest BCUT2D eigenvalue weighted by Crippen LogP contribution is 2.44. The molecule has 0 radical (unpaired) electrons. The van der Waals surface area contributed by atoms with Gasteiger partial charge >= 0.3 is 0 Å². The van der Waals surface area contributed by atoms with Crippen LogP contribution in [0.4, 0.5) is 0 Å². The molecule has 4 aromatic carbocycles. The lowest BCUT2D eigenvalue weighted by atomic mass is 9.82. The molecule has 0 aromatic heterocycles. The molecule has 1 amide bonds. The van der Waals surface area contributed by atoms with Crippen LogP contribution in [0.2, 0.25) is 0 Å². The molecule has 0 unspecified atom stereocenters. The van der Waals surface area contributed by atoms with E-state index in [0.717, 1.165) is 26.7 Å². The fraction of sp³-hybridized carbons (Fsp3) is 0.278. The van der Waals surface area contributed by atoms with Crippen molar-refractivity contribution in [2.24, 2.45) is 4.99 Å². The number of hydrogen-bond acceptors (Lipinski definition) is 6. The van der Waals surface area contributed by atoms with Crippen LogP contribution in [-0.2, 0) is 22.4 Å². The molecule has 8 heteroatoms. The van der Waals surface area contributed by atoms with Crippen LogP contribution in [-0.4, -0.2) is 49.3 Å². The molecule has 0 saturated heterocycles. The van der Waals surface area contributed by atoms with Crippen LogP contribution < -0.4 is 14.8 Å². The van der Waals surface area contributed by atoms with Gasteiger partial charge in [0, 0.05) is 36.0 Å². The quantitative estimate of drug-likeness (QED) is 0.163. The first-order valence-electron chi connectivity index (χ1n) is 14.7.